The molecule has 0 aromatic carbocycles. The van der Waals surface area contributed by atoms with E-state index in [1.165, 1.54) is 0 Å². The minimum absolute atomic E-state index is 0.606. The van der Waals surface area contributed by atoms with Crippen molar-refractivity contribution in [3.05, 3.63) is 0 Å². The zero-order valence-electron chi connectivity index (χ0n) is 6.17. The molecular formula is C6H11FO5. The topological polar surface area (TPSA) is 90.2 Å². The lowest BCUT2D eigenvalue weighted by Crippen LogP contribution is -2.57. The van der Waals surface area contributed by atoms with Crippen molar-refractivity contribution in [3.63, 3.8) is 0 Å². The molecule has 5 atom stereocenters. The maximum Gasteiger partial charge on any atom is 0.228 e. The van der Waals surface area contributed by atoms with Crippen LogP contribution in [0, 0.1) is 0 Å². The van der Waals surface area contributed by atoms with Gasteiger partial charge in [0.15, 0.2) is 0 Å². The van der Waals surface area contributed by atoms with Gasteiger partial charge in [0.25, 0.3) is 0 Å². The number of hydrogen-bond donors (Lipinski definition) is 4. The molecule has 0 bridgehead atoms. The number of halogens is 1. The third-order valence-corrected chi connectivity index (χ3v) is 1.83. The lowest BCUT2D eigenvalue weighted by atomic mass is 10.00. The summed E-state index contributed by atoms with van der Waals surface area (Å²) in [5.74, 6) is 0. The Morgan fingerprint density at radius 3 is 2.17 bits per heavy atom. The Balaban J connectivity index is 2.63. The van der Waals surface area contributed by atoms with E-state index in [1.54, 1.807) is 0 Å². The second-order valence-corrected chi connectivity index (χ2v) is 2.68. The molecule has 5 nitrogen and oxygen atoms in total. The highest BCUT2D eigenvalue weighted by Crippen LogP contribution is 2.21. The van der Waals surface area contributed by atoms with E-state index in [0.29, 0.717) is 0 Å². The maximum absolute atomic E-state index is 12.6. The Hall–Kier alpha value is -0.270. The van der Waals surface area contributed by atoms with Crippen molar-refractivity contribution in [2.45, 2.75) is 30.8 Å². The van der Waals surface area contributed by atoms with Gasteiger partial charge in [-0.05, 0) is 0 Å². The van der Waals surface area contributed by atoms with Crippen molar-refractivity contribution in [2.24, 2.45) is 0 Å². The second-order valence-electron chi connectivity index (χ2n) is 2.68. The maximum atomic E-state index is 12.6. The average molecular weight is 182 g/mol. The monoisotopic (exact) mass is 182 g/mol. The van der Waals surface area contributed by atoms with E-state index in [9.17, 15) is 4.39 Å². The van der Waals surface area contributed by atoms with Gasteiger partial charge in [-0.2, -0.15) is 0 Å². The molecule has 0 spiro atoms. The number of hydrogen-bond acceptors (Lipinski definition) is 5. The van der Waals surface area contributed by atoms with Crippen molar-refractivity contribution in [1.82, 2.24) is 0 Å². The van der Waals surface area contributed by atoms with Crippen molar-refractivity contribution in [1.29, 1.82) is 0 Å². The van der Waals surface area contributed by atoms with Crippen LogP contribution in [0.4, 0.5) is 4.39 Å². The van der Waals surface area contributed by atoms with Crippen LogP contribution >= 0.6 is 0 Å². The molecule has 72 valence electrons. The van der Waals surface area contributed by atoms with E-state index in [0.717, 1.165) is 0 Å². The third-order valence-electron chi connectivity index (χ3n) is 1.83. The molecule has 0 amide bonds. The van der Waals surface area contributed by atoms with E-state index >= 15 is 0 Å². The minimum Gasteiger partial charge on any atom is -0.394 e. The van der Waals surface area contributed by atoms with Gasteiger partial charge in [0.1, 0.15) is 24.4 Å². The second kappa shape index (κ2) is 3.63. The fourth-order valence-corrected chi connectivity index (χ4v) is 1.06. The van der Waals surface area contributed by atoms with Gasteiger partial charge in [-0.1, -0.05) is 0 Å². The molecule has 1 unspecified atom stereocenters. The van der Waals surface area contributed by atoms with E-state index in [-0.39, 0.29) is 0 Å². The first-order chi connectivity index (χ1) is 5.57. The van der Waals surface area contributed by atoms with Crippen LogP contribution in [-0.2, 0) is 4.74 Å². The standard InChI is InChI=1S/C6H11FO5/c7-6-5(11)4(10)3(9)2(1-8)12-6/h2-6,8-11H,1H2/t2-,3-,4+,5+,6?/m0/s1. The highest BCUT2D eigenvalue weighted by atomic mass is 19.1. The molecule has 4 N–H and O–H groups in total. The lowest BCUT2D eigenvalue weighted by Gasteiger charge is -2.36. The minimum atomic E-state index is -2.07. The van der Waals surface area contributed by atoms with Gasteiger partial charge >= 0.3 is 0 Å². The normalized spacial score (nSPS) is 49.2. The summed E-state index contributed by atoms with van der Waals surface area (Å²) in [5, 5.41) is 35.4. The number of aliphatic hydroxyl groups excluding tert-OH is 4. The van der Waals surface area contributed by atoms with Crippen LogP contribution in [0.2, 0.25) is 0 Å². The molecule has 1 fully saturated rings. The van der Waals surface area contributed by atoms with Crippen LogP contribution in [0.5, 0.6) is 0 Å². The molecule has 1 aliphatic heterocycles. The molecule has 0 saturated carbocycles. The van der Waals surface area contributed by atoms with E-state index in [1.807, 2.05) is 0 Å². The molecule has 12 heavy (non-hydrogen) atoms. The molecule has 6 heteroatoms. The molecule has 1 saturated heterocycles. The summed E-state index contributed by atoms with van der Waals surface area (Å²) in [4.78, 5) is 0. The molecule has 0 radical (unpaired) electrons. The van der Waals surface area contributed by atoms with Gasteiger partial charge < -0.3 is 25.2 Å². The van der Waals surface area contributed by atoms with Gasteiger partial charge in [0, 0.05) is 0 Å². The Morgan fingerprint density at radius 1 is 1.08 bits per heavy atom. The molecule has 0 aromatic rings. The third kappa shape index (κ3) is 1.57. The smallest absolute Gasteiger partial charge is 0.228 e. The lowest BCUT2D eigenvalue weighted by molar-refractivity contribution is -0.262. The summed E-state index contributed by atoms with van der Waals surface area (Å²) in [6.45, 7) is -0.606. The van der Waals surface area contributed by atoms with Crippen LogP contribution in [0.25, 0.3) is 0 Å². The van der Waals surface area contributed by atoms with E-state index in [4.69, 9.17) is 20.4 Å². The van der Waals surface area contributed by atoms with Crippen molar-refractivity contribution in [2.75, 3.05) is 6.61 Å². The fraction of sp³-hybridized carbons (Fsp3) is 1.00. The number of alkyl halides is 1. The van der Waals surface area contributed by atoms with Crippen LogP contribution in [0.15, 0.2) is 0 Å². The molecule has 0 aliphatic carbocycles. The molecule has 1 rings (SSSR count). The van der Waals surface area contributed by atoms with Crippen molar-refractivity contribution in [3.8, 4) is 0 Å². The SMILES string of the molecule is OC[C@@H]1OC(F)[C@H](O)[C@H](O)[C@H]1O. The van der Waals surface area contributed by atoms with Gasteiger partial charge in [-0.25, -0.2) is 4.39 Å². The summed E-state index contributed by atoms with van der Waals surface area (Å²) >= 11 is 0. The fourth-order valence-electron chi connectivity index (χ4n) is 1.06. The summed E-state index contributed by atoms with van der Waals surface area (Å²) in [6, 6.07) is 0. The molecule has 1 heterocycles. The zero-order chi connectivity index (χ0) is 9.30. The Morgan fingerprint density at radius 2 is 1.67 bits per heavy atom. The van der Waals surface area contributed by atoms with Crippen molar-refractivity contribution >= 4 is 0 Å². The molecule has 0 aromatic heterocycles. The highest BCUT2D eigenvalue weighted by Gasteiger charge is 2.43. The van der Waals surface area contributed by atoms with Gasteiger partial charge in [-0.3, -0.25) is 0 Å². The Bertz CT molecular complexity index is 150. The van der Waals surface area contributed by atoms with Gasteiger partial charge in [0.05, 0.1) is 6.61 Å². The average Bonchev–Trinajstić information content (AvgIpc) is 2.08. The number of ether oxygens (including phenoxy) is 1. The summed E-state index contributed by atoms with van der Waals surface area (Å²) in [6.07, 6.45) is -8.09. The van der Waals surface area contributed by atoms with Crippen molar-refractivity contribution < 1.29 is 29.6 Å². The number of rotatable bonds is 1. The molecular weight excluding hydrogens is 171 g/mol. The first-order valence-corrected chi connectivity index (χ1v) is 3.52. The summed E-state index contributed by atoms with van der Waals surface area (Å²) < 4.78 is 16.9. The Labute approximate surface area is 68.0 Å². The van der Waals surface area contributed by atoms with Crippen LogP contribution in [0.3, 0.4) is 0 Å². The highest BCUT2D eigenvalue weighted by molar-refractivity contribution is 4.88. The Kier molecular flexibility index (Phi) is 2.97. The predicted octanol–water partition coefficient (Wildman–Crippen LogP) is -2.24. The van der Waals surface area contributed by atoms with Gasteiger partial charge in [0.2, 0.25) is 6.36 Å². The van der Waals surface area contributed by atoms with Crippen LogP contribution in [0.1, 0.15) is 0 Å². The predicted molar refractivity (Wildman–Crippen MR) is 34.9 cm³/mol. The first-order valence-electron chi connectivity index (χ1n) is 3.52. The largest absolute Gasteiger partial charge is 0.394 e. The van der Waals surface area contributed by atoms with Crippen LogP contribution in [-0.4, -0.2) is 57.8 Å². The van der Waals surface area contributed by atoms with Crippen LogP contribution < -0.4 is 0 Å². The van der Waals surface area contributed by atoms with Gasteiger partial charge in [-0.15, -0.1) is 0 Å². The first kappa shape index (κ1) is 9.82. The van der Waals surface area contributed by atoms with E-state index in [2.05, 4.69) is 4.74 Å². The molecule has 1 aliphatic rings. The quantitative estimate of drug-likeness (QED) is 0.368. The summed E-state index contributed by atoms with van der Waals surface area (Å²) in [7, 11) is 0. The zero-order valence-corrected chi connectivity index (χ0v) is 6.17. The van der Waals surface area contributed by atoms with E-state index < -0.39 is 37.4 Å². The number of aliphatic hydroxyl groups is 4. The summed E-state index contributed by atoms with van der Waals surface area (Å²) in [5.41, 5.74) is 0.